The Labute approximate surface area is 112 Å². The van der Waals surface area contributed by atoms with Crippen molar-refractivity contribution in [1.29, 1.82) is 0 Å². The van der Waals surface area contributed by atoms with Crippen LogP contribution >= 0.6 is 0 Å². The van der Waals surface area contributed by atoms with E-state index >= 15 is 0 Å². The number of aliphatic hydroxyl groups excluding tert-OH is 1. The zero-order valence-electron chi connectivity index (χ0n) is 10.8. The number of rotatable bonds is 6. The second-order valence-electron chi connectivity index (χ2n) is 4.19. The lowest BCUT2D eigenvalue weighted by Gasteiger charge is -2.21. The maximum absolute atomic E-state index is 11.9. The summed E-state index contributed by atoms with van der Waals surface area (Å²) >= 11 is 0. The Morgan fingerprint density at radius 3 is 2.16 bits per heavy atom. The van der Waals surface area contributed by atoms with E-state index in [0.717, 1.165) is 0 Å². The van der Waals surface area contributed by atoms with Crippen molar-refractivity contribution in [3.8, 4) is 0 Å². The Kier molecular flexibility index (Phi) is 5.02. The van der Waals surface area contributed by atoms with Crippen LogP contribution < -0.4 is 0 Å². The van der Waals surface area contributed by atoms with Crippen molar-refractivity contribution in [2.45, 2.75) is 31.6 Å². The minimum atomic E-state index is -3.37. The molecule has 1 rings (SSSR count). The van der Waals surface area contributed by atoms with E-state index < -0.39 is 26.1 Å². The van der Waals surface area contributed by atoms with Crippen LogP contribution in [0.15, 0.2) is 24.3 Å². The first kappa shape index (κ1) is 15.6. The molecule has 0 aliphatic carbocycles. The van der Waals surface area contributed by atoms with Gasteiger partial charge in [0.1, 0.15) is 0 Å². The molecule has 19 heavy (non-hydrogen) atoms. The third-order valence-corrected chi connectivity index (χ3v) is 5.38. The first-order valence-electron chi connectivity index (χ1n) is 5.97. The fourth-order valence-electron chi connectivity index (χ4n) is 1.90. The van der Waals surface area contributed by atoms with Gasteiger partial charge in [-0.25, -0.2) is 8.42 Å². The van der Waals surface area contributed by atoms with Crippen LogP contribution in [0, 0.1) is 10.1 Å². The van der Waals surface area contributed by atoms with E-state index in [1.54, 1.807) is 6.92 Å². The summed E-state index contributed by atoms with van der Waals surface area (Å²) < 4.78 is 23.7. The van der Waals surface area contributed by atoms with Crippen molar-refractivity contribution in [2.24, 2.45) is 0 Å². The van der Waals surface area contributed by atoms with Gasteiger partial charge in [-0.2, -0.15) is 0 Å². The Balaban J connectivity index is 3.04. The second kappa shape index (κ2) is 6.12. The summed E-state index contributed by atoms with van der Waals surface area (Å²) in [5.41, 5.74) is 0.275. The van der Waals surface area contributed by atoms with Gasteiger partial charge >= 0.3 is 0 Å². The molecule has 1 aromatic rings. The first-order chi connectivity index (χ1) is 8.83. The van der Waals surface area contributed by atoms with Gasteiger partial charge in [-0.3, -0.25) is 10.1 Å². The molecular formula is C12H17NO5S. The molecule has 7 heteroatoms. The smallest absolute Gasteiger partial charge is 0.269 e. The van der Waals surface area contributed by atoms with Crippen LogP contribution in [0.3, 0.4) is 0 Å². The van der Waals surface area contributed by atoms with E-state index in [9.17, 15) is 23.6 Å². The Morgan fingerprint density at radius 2 is 1.79 bits per heavy atom. The number of aliphatic hydroxyl groups is 1. The SMILES string of the molecule is CC[C@@H]([C@H](O)c1ccc([N+](=O)[O-])cc1)S(=O)(=O)CC. The zero-order chi connectivity index (χ0) is 14.6. The molecule has 6 nitrogen and oxygen atoms in total. The minimum absolute atomic E-state index is 0.0461. The van der Waals surface area contributed by atoms with Gasteiger partial charge in [-0.15, -0.1) is 0 Å². The number of nitro groups is 1. The van der Waals surface area contributed by atoms with E-state index in [-0.39, 0.29) is 17.9 Å². The van der Waals surface area contributed by atoms with E-state index in [2.05, 4.69) is 0 Å². The van der Waals surface area contributed by atoms with Gasteiger partial charge in [-0.05, 0) is 24.1 Å². The topological polar surface area (TPSA) is 97.5 Å². The van der Waals surface area contributed by atoms with Crippen molar-refractivity contribution in [1.82, 2.24) is 0 Å². The predicted octanol–water partition coefficient (Wildman–Crippen LogP) is 1.84. The third kappa shape index (κ3) is 3.51. The van der Waals surface area contributed by atoms with Gasteiger partial charge in [0.05, 0.1) is 16.3 Å². The fourth-order valence-corrected chi connectivity index (χ4v) is 3.38. The summed E-state index contributed by atoms with van der Waals surface area (Å²) in [6, 6.07) is 5.28. The maximum atomic E-state index is 11.9. The van der Waals surface area contributed by atoms with E-state index in [1.165, 1.54) is 31.2 Å². The van der Waals surface area contributed by atoms with Crippen molar-refractivity contribution in [3.05, 3.63) is 39.9 Å². The highest BCUT2D eigenvalue weighted by Gasteiger charge is 2.30. The summed E-state index contributed by atoms with van der Waals surface area (Å²) in [7, 11) is -3.37. The molecule has 1 aromatic carbocycles. The molecule has 0 spiro atoms. The lowest BCUT2D eigenvalue weighted by molar-refractivity contribution is -0.384. The van der Waals surface area contributed by atoms with Crippen LogP contribution in [-0.4, -0.2) is 29.5 Å². The molecule has 0 saturated heterocycles. The average molecular weight is 287 g/mol. The zero-order valence-corrected chi connectivity index (χ0v) is 11.6. The molecule has 0 aliphatic heterocycles. The van der Waals surface area contributed by atoms with Crippen LogP contribution in [0.2, 0.25) is 0 Å². The maximum Gasteiger partial charge on any atom is 0.269 e. The van der Waals surface area contributed by atoms with Gasteiger partial charge in [-0.1, -0.05) is 13.8 Å². The highest BCUT2D eigenvalue weighted by Crippen LogP contribution is 2.26. The number of nitrogens with zero attached hydrogens (tertiary/aromatic N) is 1. The van der Waals surface area contributed by atoms with Crippen LogP contribution in [-0.2, 0) is 9.84 Å². The quantitative estimate of drug-likeness (QED) is 0.636. The Morgan fingerprint density at radius 1 is 1.26 bits per heavy atom. The molecule has 1 N–H and O–H groups in total. The van der Waals surface area contributed by atoms with Gasteiger partial charge in [0.25, 0.3) is 5.69 Å². The molecular weight excluding hydrogens is 270 g/mol. The van der Waals surface area contributed by atoms with E-state index in [4.69, 9.17) is 0 Å². The van der Waals surface area contributed by atoms with Gasteiger partial charge in [0.15, 0.2) is 9.84 Å². The van der Waals surface area contributed by atoms with Crippen LogP contribution in [0.25, 0.3) is 0 Å². The fraction of sp³-hybridized carbons (Fsp3) is 0.500. The number of nitro benzene ring substituents is 1. The normalized spacial score (nSPS) is 14.9. The predicted molar refractivity (Wildman–Crippen MR) is 71.6 cm³/mol. The number of hydrogen-bond donors (Lipinski definition) is 1. The lowest BCUT2D eigenvalue weighted by Crippen LogP contribution is -2.29. The molecule has 106 valence electrons. The molecule has 2 atom stereocenters. The van der Waals surface area contributed by atoms with Crippen LogP contribution in [0.5, 0.6) is 0 Å². The number of benzene rings is 1. The molecule has 0 fully saturated rings. The Hall–Kier alpha value is -1.47. The van der Waals surface area contributed by atoms with E-state index in [1.807, 2.05) is 0 Å². The monoisotopic (exact) mass is 287 g/mol. The summed E-state index contributed by atoms with van der Waals surface area (Å²) in [6.45, 7) is 3.22. The molecule has 0 heterocycles. The second-order valence-corrected chi connectivity index (χ2v) is 6.70. The van der Waals surface area contributed by atoms with Gasteiger partial charge in [0.2, 0.25) is 0 Å². The largest absolute Gasteiger partial charge is 0.387 e. The van der Waals surface area contributed by atoms with Crippen molar-refractivity contribution in [2.75, 3.05) is 5.75 Å². The molecule has 0 aromatic heterocycles. The molecule has 0 saturated carbocycles. The van der Waals surface area contributed by atoms with E-state index in [0.29, 0.717) is 5.56 Å². The summed E-state index contributed by atoms with van der Waals surface area (Å²) in [4.78, 5) is 9.98. The average Bonchev–Trinajstić information content (AvgIpc) is 2.39. The molecule has 0 unspecified atom stereocenters. The number of non-ortho nitro benzene ring substituents is 1. The van der Waals surface area contributed by atoms with Crippen molar-refractivity contribution in [3.63, 3.8) is 0 Å². The Bertz CT molecular complexity index is 538. The molecule has 0 bridgehead atoms. The molecule has 0 radical (unpaired) electrons. The highest BCUT2D eigenvalue weighted by molar-refractivity contribution is 7.92. The molecule has 0 amide bonds. The number of hydrogen-bond acceptors (Lipinski definition) is 5. The third-order valence-electron chi connectivity index (χ3n) is 3.06. The minimum Gasteiger partial charge on any atom is -0.387 e. The summed E-state index contributed by atoms with van der Waals surface area (Å²) in [5.74, 6) is -0.0461. The lowest BCUT2D eigenvalue weighted by atomic mass is 10.0. The van der Waals surface area contributed by atoms with Crippen LogP contribution in [0.1, 0.15) is 31.9 Å². The van der Waals surface area contributed by atoms with Gasteiger partial charge in [0, 0.05) is 17.9 Å². The standard InChI is InChI=1S/C12H17NO5S/c1-3-11(19(17,18)4-2)12(14)9-5-7-10(8-6-9)13(15)16/h5-8,11-12,14H,3-4H2,1-2H3/t11-,12+/m0/s1. The number of sulfone groups is 1. The van der Waals surface area contributed by atoms with Gasteiger partial charge < -0.3 is 5.11 Å². The summed E-state index contributed by atoms with van der Waals surface area (Å²) in [5, 5.41) is 19.8. The summed E-state index contributed by atoms with van der Waals surface area (Å²) in [6.07, 6.45) is -0.885. The van der Waals surface area contributed by atoms with Crippen molar-refractivity contribution < 1.29 is 18.4 Å². The first-order valence-corrected chi connectivity index (χ1v) is 7.69. The molecule has 0 aliphatic rings. The highest BCUT2D eigenvalue weighted by atomic mass is 32.2. The van der Waals surface area contributed by atoms with Crippen LogP contribution in [0.4, 0.5) is 5.69 Å². The van der Waals surface area contributed by atoms with Crippen molar-refractivity contribution >= 4 is 15.5 Å².